The van der Waals surface area contributed by atoms with Crippen LogP contribution in [0, 0.1) is 6.92 Å². The number of rotatable bonds is 4. The minimum absolute atomic E-state index is 0.420. The van der Waals surface area contributed by atoms with Crippen molar-refractivity contribution in [2.24, 2.45) is 0 Å². The zero-order chi connectivity index (χ0) is 15.5. The van der Waals surface area contributed by atoms with E-state index in [2.05, 4.69) is 53.1 Å². The van der Waals surface area contributed by atoms with E-state index in [1.807, 2.05) is 11.6 Å². The molecule has 1 atom stereocenters. The summed E-state index contributed by atoms with van der Waals surface area (Å²) in [6, 6.07) is 9.15. The highest BCUT2D eigenvalue weighted by molar-refractivity contribution is 5.55. The van der Waals surface area contributed by atoms with Crippen LogP contribution in [0.3, 0.4) is 0 Å². The fraction of sp³-hybridized carbons (Fsp3) is 0.529. The molecular formula is C17H24N4O. The molecule has 1 saturated heterocycles. The Kier molecular flexibility index (Phi) is 4.55. The molecule has 0 unspecified atom stereocenters. The molecule has 0 saturated carbocycles. The summed E-state index contributed by atoms with van der Waals surface area (Å²) in [7, 11) is 0. The third-order valence-electron chi connectivity index (χ3n) is 4.32. The second-order valence-corrected chi connectivity index (χ2v) is 5.74. The van der Waals surface area contributed by atoms with Crippen molar-refractivity contribution in [2.75, 3.05) is 26.3 Å². The van der Waals surface area contributed by atoms with Gasteiger partial charge in [0.05, 0.1) is 13.2 Å². The maximum atomic E-state index is 5.43. The van der Waals surface area contributed by atoms with E-state index in [-0.39, 0.29) is 0 Å². The van der Waals surface area contributed by atoms with Crippen molar-refractivity contribution in [2.45, 2.75) is 33.4 Å². The highest BCUT2D eigenvalue weighted by Crippen LogP contribution is 2.24. The van der Waals surface area contributed by atoms with E-state index in [1.54, 1.807) is 0 Å². The molecule has 0 bridgehead atoms. The van der Waals surface area contributed by atoms with Gasteiger partial charge in [-0.2, -0.15) is 5.10 Å². The smallest absolute Gasteiger partial charge is 0.158 e. The number of benzene rings is 1. The number of aromatic nitrogens is 3. The van der Waals surface area contributed by atoms with Gasteiger partial charge in [-0.15, -0.1) is 0 Å². The van der Waals surface area contributed by atoms with Gasteiger partial charge in [-0.3, -0.25) is 4.90 Å². The van der Waals surface area contributed by atoms with Crippen molar-refractivity contribution in [3.63, 3.8) is 0 Å². The second-order valence-electron chi connectivity index (χ2n) is 5.74. The molecule has 2 heterocycles. The van der Waals surface area contributed by atoms with E-state index in [4.69, 9.17) is 4.74 Å². The number of hydrogen-bond donors (Lipinski definition) is 0. The largest absolute Gasteiger partial charge is 0.379 e. The average Bonchev–Trinajstić information content (AvgIpc) is 2.96. The van der Waals surface area contributed by atoms with Gasteiger partial charge in [0, 0.05) is 31.2 Å². The van der Waals surface area contributed by atoms with E-state index >= 15 is 0 Å². The van der Waals surface area contributed by atoms with E-state index in [9.17, 15) is 0 Å². The quantitative estimate of drug-likeness (QED) is 0.870. The molecule has 1 aliphatic heterocycles. The van der Waals surface area contributed by atoms with Crippen molar-refractivity contribution < 1.29 is 4.74 Å². The third-order valence-corrected chi connectivity index (χ3v) is 4.32. The van der Waals surface area contributed by atoms with Gasteiger partial charge in [0.25, 0.3) is 0 Å². The van der Waals surface area contributed by atoms with E-state index < -0.39 is 0 Å². The van der Waals surface area contributed by atoms with Gasteiger partial charge < -0.3 is 4.74 Å². The van der Waals surface area contributed by atoms with Crippen LogP contribution in [0.4, 0.5) is 0 Å². The predicted molar refractivity (Wildman–Crippen MR) is 86.7 cm³/mol. The molecule has 0 N–H and O–H groups in total. The Hall–Kier alpha value is -1.72. The fourth-order valence-electron chi connectivity index (χ4n) is 2.98. The highest BCUT2D eigenvalue weighted by atomic mass is 16.5. The lowest BCUT2D eigenvalue weighted by Gasteiger charge is -2.32. The first kappa shape index (κ1) is 15.2. The third kappa shape index (κ3) is 3.05. The number of ether oxygens (including phenoxy) is 1. The second kappa shape index (κ2) is 6.58. The summed E-state index contributed by atoms with van der Waals surface area (Å²) < 4.78 is 7.39. The molecule has 1 aromatic heterocycles. The molecule has 0 radical (unpaired) electrons. The molecule has 0 amide bonds. The maximum absolute atomic E-state index is 5.43. The Morgan fingerprint density at radius 3 is 2.50 bits per heavy atom. The molecule has 0 aliphatic carbocycles. The predicted octanol–water partition coefficient (Wildman–Crippen LogP) is 2.67. The van der Waals surface area contributed by atoms with Crippen LogP contribution in [0.2, 0.25) is 0 Å². The van der Waals surface area contributed by atoms with Crippen molar-refractivity contribution >= 4 is 0 Å². The van der Waals surface area contributed by atoms with Crippen molar-refractivity contribution in [1.82, 2.24) is 19.7 Å². The van der Waals surface area contributed by atoms with Crippen LogP contribution in [-0.2, 0) is 11.3 Å². The van der Waals surface area contributed by atoms with Gasteiger partial charge >= 0.3 is 0 Å². The monoisotopic (exact) mass is 300 g/mol. The van der Waals surface area contributed by atoms with Crippen LogP contribution >= 0.6 is 0 Å². The molecule has 5 nitrogen and oxygen atoms in total. The molecule has 3 rings (SSSR count). The summed E-state index contributed by atoms with van der Waals surface area (Å²) in [6.07, 6.45) is 0. The van der Waals surface area contributed by atoms with Gasteiger partial charge in [0.2, 0.25) is 0 Å². The molecule has 1 fully saturated rings. The Balaban J connectivity index is 1.80. The first-order valence-electron chi connectivity index (χ1n) is 8.02. The van der Waals surface area contributed by atoms with Crippen molar-refractivity contribution in [3.8, 4) is 11.4 Å². The summed E-state index contributed by atoms with van der Waals surface area (Å²) in [5.41, 5.74) is 2.46. The Labute approximate surface area is 131 Å². The average molecular weight is 300 g/mol. The molecule has 1 aromatic carbocycles. The van der Waals surface area contributed by atoms with Gasteiger partial charge in [-0.1, -0.05) is 24.3 Å². The number of nitrogens with zero attached hydrogens (tertiary/aromatic N) is 4. The van der Waals surface area contributed by atoms with E-state index in [1.165, 1.54) is 5.56 Å². The zero-order valence-corrected chi connectivity index (χ0v) is 13.6. The van der Waals surface area contributed by atoms with Crippen LogP contribution in [0.5, 0.6) is 0 Å². The summed E-state index contributed by atoms with van der Waals surface area (Å²) in [6.45, 7) is 10.8. The van der Waals surface area contributed by atoms with Crippen LogP contribution in [0.25, 0.3) is 11.4 Å². The molecule has 5 heteroatoms. The van der Waals surface area contributed by atoms with Gasteiger partial charge in [-0.05, 0) is 26.3 Å². The first-order chi connectivity index (χ1) is 10.7. The Morgan fingerprint density at radius 1 is 1.18 bits per heavy atom. The lowest BCUT2D eigenvalue weighted by molar-refractivity contribution is 0.0198. The van der Waals surface area contributed by atoms with E-state index in [0.717, 1.165) is 50.1 Å². The number of hydrogen-bond acceptors (Lipinski definition) is 4. The van der Waals surface area contributed by atoms with Gasteiger partial charge in [0.15, 0.2) is 5.82 Å². The van der Waals surface area contributed by atoms with Crippen LogP contribution < -0.4 is 0 Å². The van der Waals surface area contributed by atoms with E-state index in [0.29, 0.717) is 6.04 Å². The SMILES string of the molecule is CCn1nc(C)nc1-c1ccc([C@@H](C)N2CCOCC2)cc1. The first-order valence-corrected chi connectivity index (χ1v) is 8.02. The standard InChI is InChI=1S/C17H24N4O/c1-4-21-17(18-14(3)19-21)16-7-5-15(6-8-16)13(2)20-9-11-22-12-10-20/h5-8,13H,4,9-12H2,1-3H3/t13-/m1/s1. The molecule has 2 aromatic rings. The lowest BCUT2D eigenvalue weighted by Crippen LogP contribution is -2.37. The lowest BCUT2D eigenvalue weighted by atomic mass is 10.0. The molecule has 118 valence electrons. The summed E-state index contributed by atoms with van der Waals surface area (Å²) in [4.78, 5) is 7.01. The van der Waals surface area contributed by atoms with Crippen molar-refractivity contribution in [1.29, 1.82) is 0 Å². The van der Waals surface area contributed by atoms with Crippen LogP contribution in [0.15, 0.2) is 24.3 Å². The van der Waals surface area contributed by atoms with Gasteiger partial charge in [-0.25, -0.2) is 9.67 Å². The normalized spacial score (nSPS) is 17.6. The molecule has 22 heavy (non-hydrogen) atoms. The Morgan fingerprint density at radius 2 is 1.86 bits per heavy atom. The molecule has 1 aliphatic rings. The minimum atomic E-state index is 0.420. The van der Waals surface area contributed by atoms with Crippen LogP contribution in [-0.4, -0.2) is 46.0 Å². The summed E-state index contributed by atoms with van der Waals surface area (Å²) in [5, 5.41) is 4.42. The number of aryl methyl sites for hydroxylation is 2. The van der Waals surface area contributed by atoms with Crippen molar-refractivity contribution in [3.05, 3.63) is 35.7 Å². The van der Waals surface area contributed by atoms with Gasteiger partial charge in [0.1, 0.15) is 5.82 Å². The summed E-state index contributed by atoms with van der Waals surface area (Å²) >= 11 is 0. The summed E-state index contributed by atoms with van der Waals surface area (Å²) in [5.74, 6) is 1.77. The molecule has 0 spiro atoms. The Bertz CT molecular complexity index is 614. The molecular weight excluding hydrogens is 276 g/mol. The topological polar surface area (TPSA) is 43.2 Å². The highest BCUT2D eigenvalue weighted by Gasteiger charge is 2.18. The fourth-order valence-corrected chi connectivity index (χ4v) is 2.98. The van der Waals surface area contributed by atoms with Crippen LogP contribution in [0.1, 0.15) is 31.3 Å². The zero-order valence-electron chi connectivity index (χ0n) is 13.6. The number of morpholine rings is 1. The minimum Gasteiger partial charge on any atom is -0.379 e. The maximum Gasteiger partial charge on any atom is 0.158 e.